The molecule has 0 bridgehead atoms. The number of hydrogen-bond acceptors (Lipinski definition) is 6. The van der Waals surface area contributed by atoms with Crippen molar-refractivity contribution in [2.45, 2.75) is 23.3 Å². The molecule has 7 nitrogen and oxygen atoms in total. The number of aromatic nitrogens is 2. The van der Waals surface area contributed by atoms with Crippen molar-refractivity contribution >= 4 is 27.8 Å². The predicted molar refractivity (Wildman–Crippen MR) is 73.0 cm³/mol. The lowest BCUT2D eigenvalue weighted by Crippen LogP contribution is -2.34. The van der Waals surface area contributed by atoms with Gasteiger partial charge in [-0.1, -0.05) is 28.6 Å². The second-order valence-corrected chi connectivity index (χ2v) is 5.14. The van der Waals surface area contributed by atoms with E-state index in [0.717, 1.165) is 0 Å². The number of aliphatic hydroxyl groups excluding tert-OH is 2. The van der Waals surface area contributed by atoms with Gasteiger partial charge < -0.3 is 20.3 Å². The maximum absolute atomic E-state index is 11.2. The number of aliphatic hydroxyl groups is 2. The van der Waals surface area contributed by atoms with E-state index in [1.807, 2.05) is 0 Å². The van der Waals surface area contributed by atoms with E-state index in [-0.39, 0.29) is 6.61 Å². The first-order valence-corrected chi connectivity index (χ1v) is 6.55. The monoisotopic (exact) mass is 331 g/mol. The van der Waals surface area contributed by atoms with Crippen LogP contribution in [0.25, 0.3) is 6.08 Å². The van der Waals surface area contributed by atoms with Gasteiger partial charge >= 0.3 is 5.69 Å². The number of rotatable bonds is 4. The molecule has 2 heterocycles. The topological polar surface area (TPSA) is 107 Å². The van der Waals surface area contributed by atoms with Gasteiger partial charge in [0.1, 0.15) is 11.9 Å². The van der Waals surface area contributed by atoms with E-state index in [9.17, 15) is 9.90 Å². The molecule has 19 heavy (non-hydrogen) atoms. The number of aromatic amines is 1. The molecule has 0 amide bonds. The van der Waals surface area contributed by atoms with Crippen molar-refractivity contribution in [3.8, 4) is 0 Å². The van der Waals surface area contributed by atoms with Gasteiger partial charge in [0, 0.05) is 11.8 Å². The minimum atomic E-state index is -0.869. The number of hydrogen-bond donors (Lipinski definition) is 4. The van der Waals surface area contributed by atoms with Gasteiger partial charge in [-0.3, -0.25) is 4.98 Å². The van der Waals surface area contributed by atoms with Crippen LogP contribution in [-0.2, 0) is 4.74 Å². The van der Waals surface area contributed by atoms with Crippen molar-refractivity contribution in [3.05, 3.63) is 28.8 Å². The van der Waals surface area contributed by atoms with E-state index in [2.05, 4.69) is 37.8 Å². The lowest BCUT2D eigenvalue weighted by molar-refractivity contribution is 0.00545. The number of H-pyrrole nitrogens is 1. The molecule has 1 aromatic rings. The Morgan fingerprint density at radius 3 is 3.00 bits per heavy atom. The SMILES string of the molecule is C=Cc1cnc(=O)[nH]c1N[C@@H]1O[C@H](CO)[C@H](Br)[C@H]1O. The summed E-state index contributed by atoms with van der Waals surface area (Å²) in [5, 5.41) is 21.9. The van der Waals surface area contributed by atoms with E-state index in [1.165, 1.54) is 12.3 Å². The maximum atomic E-state index is 11.2. The average Bonchev–Trinajstić information content (AvgIpc) is 2.67. The molecule has 4 N–H and O–H groups in total. The molecule has 1 aromatic heterocycles. The van der Waals surface area contributed by atoms with Crippen molar-refractivity contribution in [1.82, 2.24) is 9.97 Å². The maximum Gasteiger partial charge on any atom is 0.346 e. The zero-order valence-electron chi connectivity index (χ0n) is 9.91. The third-order valence-corrected chi connectivity index (χ3v) is 3.97. The van der Waals surface area contributed by atoms with Crippen LogP contribution in [0.5, 0.6) is 0 Å². The molecule has 0 saturated carbocycles. The van der Waals surface area contributed by atoms with Crippen LogP contribution in [0, 0.1) is 0 Å². The average molecular weight is 332 g/mol. The molecule has 0 unspecified atom stereocenters. The van der Waals surface area contributed by atoms with Gasteiger partial charge in [0.2, 0.25) is 0 Å². The van der Waals surface area contributed by atoms with Gasteiger partial charge in [-0.2, -0.15) is 0 Å². The molecule has 1 aliphatic rings. The van der Waals surface area contributed by atoms with E-state index in [0.29, 0.717) is 11.4 Å². The Labute approximate surface area is 117 Å². The highest BCUT2D eigenvalue weighted by Crippen LogP contribution is 2.28. The van der Waals surface area contributed by atoms with Crippen LogP contribution in [0.2, 0.25) is 0 Å². The number of halogens is 1. The normalized spacial score (nSPS) is 30.3. The number of anilines is 1. The summed E-state index contributed by atoms with van der Waals surface area (Å²) in [6.45, 7) is 3.39. The second kappa shape index (κ2) is 5.83. The molecule has 0 aliphatic carbocycles. The summed E-state index contributed by atoms with van der Waals surface area (Å²) in [7, 11) is 0. The number of ether oxygens (including phenoxy) is 1. The molecular formula is C11H14BrN3O4. The largest absolute Gasteiger partial charge is 0.394 e. The first-order chi connectivity index (χ1) is 9.06. The number of nitrogens with one attached hydrogen (secondary N) is 2. The van der Waals surface area contributed by atoms with Crippen molar-refractivity contribution in [3.63, 3.8) is 0 Å². The summed E-state index contributed by atoms with van der Waals surface area (Å²) in [5.74, 6) is 0.359. The predicted octanol–water partition coefficient (Wildman–Crippen LogP) is -0.334. The Morgan fingerprint density at radius 1 is 1.68 bits per heavy atom. The van der Waals surface area contributed by atoms with Crippen LogP contribution in [0.15, 0.2) is 17.6 Å². The molecule has 1 aliphatic heterocycles. The Hall–Kier alpha value is -1.22. The molecule has 0 spiro atoms. The summed E-state index contributed by atoms with van der Waals surface area (Å²) in [5.41, 5.74) is 0.0589. The van der Waals surface area contributed by atoms with Gasteiger partial charge in [-0.25, -0.2) is 9.78 Å². The zero-order chi connectivity index (χ0) is 14.0. The number of nitrogens with zero attached hydrogens (tertiary/aromatic N) is 1. The van der Waals surface area contributed by atoms with E-state index < -0.39 is 29.0 Å². The standard InChI is InChI=1S/C11H14BrN3O4/c1-2-5-3-13-11(18)15-9(5)14-10-8(17)7(12)6(4-16)19-10/h2-3,6-8,10,16-17H,1,4H2,(H2,13,14,15,18)/t6-,7+,8-,10-/m1/s1. The molecule has 0 radical (unpaired) electrons. The second-order valence-electron chi connectivity index (χ2n) is 4.08. The van der Waals surface area contributed by atoms with Crippen LogP contribution in [0.1, 0.15) is 5.56 Å². The van der Waals surface area contributed by atoms with Gasteiger partial charge in [0.25, 0.3) is 0 Å². The fourth-order valence-corrected chi connectivity index (χ4v) is 2.38. The summed E-state index contributed by atoms with van der Waals surface area (Å²) >= 11 is 3.25. The van der Waals surface area contributed by atoms with Crippen LogP contribution in [0.3, 0.4) is 0 Å². The lowest BCUT2D eigenvalue weighted by atomic mass is 10.2. The summed E-state index contributed by atoms with van der Waals surface area (Å²) in [6.07, 6.45) is 0.741. The fraction of sp³-hybridized carbons (Fsp3) is 0.455. The Bertz CT molecular complexity index is 521. The van der Waals surface area contributed by atoms with Gasteiger partial charge in [-0.15, -0.1) is 0 Å². The minimum absolute atomic E-state index is 0.216. The molecule has 104 valence electrons. The lowest BCUT2D eigenvalue weighted by Gasteiger charge is -2.18. The van der Waals surface area contributed by atoms with Crippen molar-refractivity contribution in [2.24, 2.45) is 0 Å². The molecule has 0 aromatic carbocycles. The smallest absolute Gasteiger partial charge is 0.346 e. The molecule has 2 rings (SSSR count). The zero-order valence-corrected chi connectivity index (χ0v) is 11.5. The molecule has 4 atom stereocenters. The first-order valence-electron chi connectivity index (χ1n) is 5.63. The van der Waals surface area contributed by atoms with E-state index in [4.69, 9.17) is 9.84 Å². The van der Waals surface area contributed by atoms with Crippen molar-refractivity contribution < 1.29 is 14.9 Å². The molecule has 1 saturated heterocycles. The van der Waals surface area contributed by atoms with Crippen LogP contribution >= 0.6 is 15.9 Å². The quantitative estimate of drug-likeness (QED) is 0.562. The highest BCUT2D eigenvalue weighted by atomic mass is 79.9. The van der Waals surface area contributed by atoms with Gasteiger partial charge in [0.15, 0.2) is 6.23 Å². The Morgan fingerprint density at radius 2 is 2.42 bits per heavy atom. The van der Waals surface area contributed by atoms with Crippen molar-refractivity contribution in [2.75, 3.05) is 11.9 Å². The van der Waals surface area contributed by atoms with E-state index >= 15 is 0 Å². The third kappa shape index (κ3) is 2.86. The van der Waals surface area contributed by atoms with Crippen LogP contribution in [0.4, 0.5) is 5.82 Å². The van der Waals surface area contributed by atoms with Crippen LogP contribution in [-0.4, -0.2) is 50.1 Å². The Kier molecular flexibility index (Phi) is 4.35. The molecule has 1 fully saturated rings. The first kappa shape index (κ1) is 14.2. The third-order valence-electron chi connectivity index (χ3n) is 2.84. The fourth-order valence-electron chi connectivity index (χ4n) is 1.81. The summed E-state index contributed by atoms with van der Waals surface area (Å²) in [6, 6.07) is 0. The highest BCUT2D eigenvalue weighted by Gasteiger charge is 2.42. The van der Waals surface area contributed by atoms with Crippen molar-refractivity contribution in [1.29, 1.82) is 0 Å². The Balaban J connectivity index is 2.20. The highest BCUT2D eigenvalue weighted by molar-refractivity contribution is 9.09. The summed E-state index contributed by atoms with van der Waals surface area (Å²) in [4.78, 5) is 16.9. The molecule has 8 heteroatoms. The van der Waals surface area contributed by atoms with Crippen LogP contribution < -0.4 is 11.0 Å². The molecular weight excluding hydrogens is 318 g/mol. The minimum Gasteiger partial charge on any atom is -0.394 e. The van der Waals surface area contributed by atoms with Gasteiger partial charge in [0.05, 0.1) is 17.5 Å². The van der Waals surface area contributed by atoms with Gasteiger partial charge in [-0.05, 0) is 0 Å². The van der Waals surface area contributed by atoms with E-state index in [1.54, 1.807) is 0 Å². The number of alkyl halides is 1. The summed E-state index contributed by atoms with van der Waals surface area (Å²) < 4.78 is 5.44.